The van der Waals surface area contributed by atoms with Gasteiger partial charge in [0.05, 0.1) is 0 Å². The molecule has 0 amide bonds. The van der Waals surface area contributed by atoms with Crippen molar-refractivity contribution in [3.05, 3.63) is 16.3 Å². The summed E-state index contributed by atoms with van der Waals surface area (Å²) in [5.41, 5.74) is 0.0393. The molecule has 150 valence electrons. The number of aliphatic imine (C=N–C) groups is 1. The first-order valence-corrected chi connectivity index (χ1v) is 9.80. The van der Waals surface area contributed by atoms with Crippen LogP contribution in [0.1, 0.15) is 58.7 Å². The highest BCUT2D eigenvalue weighted by Gasteiger charge is 2.16. The zero-order valence-electron chi connectivity index (χ0n) is 16.5. The van der Waals surface area contributed by atoms with E-state index in [1.54, 1.807) is 4.68 Å². The number of nitrogens with one attached hydrogen (secondary N) is 2. The summed E-state index contributed by atoms with van der Waals surface area (Å²) in [6, 6.07) is 0. The number of halogens is 1. The van der Waals surface area contributed by atoms with Crippen molar-refractivity contribution < 1.29 is 0 Å². The van der Waals surface area contributed by atoms with Gasteiger partial charge in [0.25, 0.3) is 0 Å². The third-order valence-electron chi connectivity index (χ3n) is 4.42. The monoisotopic (exact) mass is 478 g/mol. The molecule has 0 radical (unpaired) electrons. The minimum Gasteiger partial charge on any atom is -0.357 e. The fraction of sp³-hybridized carbons (Fsp3) is 0.833. The molecule has 0 saturated carbocycles. The smallest absolute Gasteiger partial charge is 0.345 e. The van der Waals surface area contributed by atoms with E-state index >= 15 is 0 Å². The molecule has 0 fully saturated rings. The summed E-state index contributed by atoms with van der Waals surface area (Å²) in [6.07, 6.45) is 6.33. The Morgan fingerprint density at radius 3 is 2.77 bits per heavy atom. The van der Waals surface area contributed by atoms with E-state index in [4.69, 9.17) is 0 Å². The topological polar surface area (TPSA) is 76.2 Å². The largest absolute Gasteiger partial charge is 0.357 e. The van der Waals surface area contributed by atoms with E-state index in [0.717, 1.165) is 69.4 Å². The number of aryl methyl sites for hydroxylation is 2. The number of rotatable bonds is 9. The zero-order valence-corrected chi connectivity index (χ0v) is 18.8. The summed E-state index contributed by atoms with van der Waals surface area (Å²) >= 11 is 0. The fourth-order valence-corrected chi connectivity index (χ4v) is 3.06. The summed E-state index contributed by atoms with van der Waals surface area (Å²) < 4.78 is 3.44. The minimum atomic E-state index is 0. The van der Waals surface area contributed by atoms with Crippen LogP contribution in [0.2, 0.25) is 0 Å². The zero-order chi connectivity index (χ0) is 18.1. The van der Waals surface area contributed by atoms with Gasteiger partial charge in [-0.1, -0.05) is 13.8 Å². The number of hydrogen-bond acceptors (Lipinski definition) is 3. The summed E-state index contributed by atoms with van der Waals surface area (Å²) in [6.45, 7) is 10.5. The van der Waals surface area contributed by atoms with Crippen molar-refractivity contribution >= 4 is 29.9 Å². The second-order valence-electron chi connectivity index (χ2n) is 7.11. The third kappa shape index (κ3) is 7.28. The molecule has 0 aromatic carbocycles. The second-order valence-corrected chi connectivity index (χ2v) is 7.11. The lowest BCUT2D eigenvalue weighted by atomic mass is 10.1. The fourth-order valence-electron chi connectivity index (χ4n) is 3.06. The van der Waals surface area contributed by atoms with Crippen LogP contribution in [0.3, 0.4) is 0 Å². The first kappa shape index (κ1) is 23.0. The van der Waals surface area contributed by atoms with Gasteiger partial charge in [0, 0.05) is 39.1 Å². The van der Waals surface area contributed by atoms with Crippen LogP contribution in [-0.2, 0) is 19.5 Å². The van der Waals surface area contributed by atoms with E-state index in [-0.39, 0.29) is 29.7 Å². The highest BCUT2D eigenvalue weighted by Crippen LogP contribution is 2.09. The lowest BCUT2D eigenvalue weighted by molar-refractivity contribution is 0.509. The SMILES string of the molecule is CCNC(=NCCCn1nc2n(c1=O)CCCC2)NCCCC(C)C.I. The summed E-state index contributed by atoms with van der Waals surface area (Å²) in [4.78, 5) is 16.9. The molecule has 2 heterocycles. The molecule has 26 heavy (non-hydrogen) atoms. The molecule has 1 aliphatic rings. The van der Waals surface area contributed by atoms with Gasteiger partial charge in [0.15, 0.2) is 5.96 Å². The number of aromatic nitrogens is 3. The van der Waals surface area contributed by atoms with E-state index in [9.17, 15) is 4.79 Å². The lowest BCUT2D eigenvalue weighted by Crippen LogP contribution is -2.38. The Labute approximate surface area is 174 Å². The van der Waals surface area contributed by atoms with Crippen molar-refractivity contribution in [3.8, 4) is 0 Å². The van der Waals surface area contributed by atoms with Crippen LogP contribution in [0, 0.1) is 5.92 Å². The third-order valence-corrected chi connectivity index (χ3v) is 4.42. The molecular weight excluding hydrogens is 443 g/mol. The highest BCUT2D eigenvalue weighted by molar-refractivity contribution is 14.0. The predicted molar refractivity (Wildman–Crippen MR) is 118 cm³/mol. The van der Waals surface area contributed by atoms with Crippen LogP contribution in [0.25, 0.3) is 0 Å². The van der Waals surface area contributed by atoms with Gasteiger partial charge in [-0.25, -0.2) is 9.48 Å². The maximum absolute atomic E-state index is 12.3. The van der Waals surface area contributed by atoms with Crippen LogP contribution in [0.15, 0.2) is 9.79 Å². The van der Waals surface area contributed by atoms with Gasteiger partial charge >= 0.3 is 5.69 Å². The Morgan fingerprint density at radius 1 is 1.27 bits per heavy atom. The molecule has 0 spiro atoms. The Kier molecular flexibility index (Phi) is 10.9. The van der Waals surface area contributed by atoms with Crippen molar-refractivity contribution in [2.75, 3.05) is 19.6 Å². The van der Waals surface area contributed by atoms with Gasteiger partial charge in [0.2, 0.25) is 0 Å². The first-order valence-electron chi connectivity index (χ1n) is 9.80. The first-order chi connectivity index (χ1) is 12.1. The van der Waals surface area contributed by atoms with Crippen LogP contribution in [-0.4, -0.2) is 39.9 Å². The number of hydrogen-bond donors (Lipinski definition) is 2. The quantitative estimate of drug-likeness (QED) is 0.247. The Bertz CT molecular complexity index is 607. The van der Waals surface area contributed by atoms with E-state index in [1.807, 2.05) is 4.57 Å². The summed E-state index contributed by atoms with van der Waals surface area (Å²) in [7, 11) is 0. The van der Waals surface area contributed by atoms with Crippen LogP contribution in [0.4, 0.5) is 0 Å². The number of guanidine groups is 1. The molecule has 7 nitrogen and oxygen atoms in total. The average Bonchev–Trinajstić information content (AvgIpc) is 2.91. The molecule has 0 bridgehead atoms. The molecule has 0 unspecified atom stereocenters. The molecule has 8 heteroatoms. The number of nitrogens with zero attached hydrogens (tertiary/aromatic N) is 4. The molecule has 1 aliphatic heterocycles. The standard InChI is InChI=1S/C18H34N6O.HI/c1-4-19-17(20-11-7-9-15(2)3)21-12-8-14-24-18(25)23-13-6-5-10-16(23)22-24;/h15H,4-14H2,1-3H3,(H2,19,20,21);1H. The highest BCUT2D eigenvalue weighted by atomic mass is 127. The molecule has 0 atom stereocenters. The molecule has 2 rings (SSSR count). The average molecular weight is 478 g/mol. The molecule has 2 N–H and O–H groups in total. The van der Waals surface area contributed by atoms with Crippen molar-refractivity contribution in [2.24, 2.45) is 10.9 Å². The van der Waals surface area contributed by atoms with E-state index < -0.39 is 0 Å². The van der Waals surface area contributed by atoms with E-state index in [0.29, 0.717) is 13.1 Å². The van der Waals surface area contributed by atoms with Crippen LogP contribution in [0.5, 0.6) is 0 Å². The maximum Gasteiger partial charge on any atom is 0.345 e. The molecule has 0 saturated heterocycles. The Balaban J connectivity index is 0.00000338. The summed E-state index contributed by atoms with van der Waals surface area (Å²) in [5, 5.41) is 11.1. The van der Waals surface area contributed by atoms with Crippen molar-refractivity contribution in [1.82, 2.24) is 25.0 Å². The summed E-state index contributed by atoms with van der Waals surface area (Å²) in [5.74, 6) is 2.54. The van der Waals surface area contributed by atoms with E-state index in [2.05, 4.69) is 41.5 Å². The van der Waals surface area contributed by atoms with Gasteiger partial charge in [-0.2, -0.15) is 5.10 Å². The van der Waals surface area contributed by atoms with Gasteiger partial charge < -0.3 is 10.6 Å². The molecule has 1 aromatic rings. The normalized spacial score (nSPS) is 14.1. The lowest BCUT2D eigenvalue weighted by Gasteiger charge is -2.11. The Morgan fingerprint density at radius 2 is 2.08 bits per heavy atom. The van der Waals surface area contributed by atoms with Gasteiger partial charge in [-0.3, -0.25) is 9.56 Å². The van der Waals surface area contributed by atoms with Crippen LogP contribution >= 0.6 is 24.0 Å². The molecule has 1 aromatic heterocycles. The van der Waals surface area contributed by atoms with Crippen molar-refractivity contribution in [2.45, 2.75) is 72.4 Å². The maximum atomic E-state index is 12.3. The van der Waals surface area contributed by atoms with Gasteiger partial charge in [-0.15, -0.1) is 24.0 Å². The minimum absolute atomic E-state index is 0. The molecule has 0 aliphatic carbocycles. The van der Waals surface area contributed by atoms with Crippen molar-refractivity contribution in [3.63, 3.8) is 0 Å². The predicted octanol–water partition coefficient (Wildman–Crippen LogP) is 2.38. The van der Waals surface area contributed by atoms with Crippen molar-refractivity contribution in [1.29, 1.82) is 0 Å². The van der Waals surface area contributed by atoms with E-state index in [1.165, 1.54) is 6.42 Å². The second kappa shape index (κ2) is 12.3. The number of fused-ring (bicyclic) bond motifs is 1. The van der Waals surface area contributed by atoms with Crippen LogP contribution < -0.4 is 16.3 Å². The Hall–Kier alpha value is -1.06. The van der Waals surface area contributed by atoms with Gasteiger partial charge in [-0.05, 0) is 44.9 Å². The molecular formula is C18H35IN6O. The van der Waals surface area contributed by atoms with Gasteiger partial charge in [0.1, 0.15) is 5.82 Å².